The fourth-order valence-corrected chi connectivity index (χ4v) is 2.97. The van der Waals surface area contributed by atoms with Gasteiger partial charge in [0.1, 0.15) is 5.60 Å². The van der Waals surface area contributed by atoms with Gasteiger partial charge in [0.2, 0.25) is 0 Å². The summed E-state index contributed by atoms with van der Waals surface area (Å²) in [4.78, 5) is 12.8. The van der Waals surface area contributed by atoms with E-state index in [1.165, 1.54) is 24.0 Å². The summed E-state index contributed by atoms with van der Waals surface area (Å²) in [5, 5.41) is 0. The topological polar surface area (TPSA) is 26.3 Å². The maximum atomic E-state index is 12.8. The van der Waals surface area contributed by atoms with Gasteiger partial charge in [0.05, 0.1) is 0 Å². The van der Waals surface area contributed by atoms with Gasteiger partial charge < -0.3 is 4.74 Å². The molecule has 0 spiro atoms. The summed E-state index contributed by atoms with van der Waals surface area (Å²) in [6.07, 6.45) is 6.32. The van der Waals surface area contributed by atoms with E-state index in [-0.39, 0.29) is 5.78 Å². The molecule has 2 rings (SSSR count). The molecule has 104 valence electrons. The molecule has 2 heteroatoms. The van der Waals surface area contributed by atoms with Crippen LogP contribution in [0.15, 0.2) is 18.2 Å². The Bertz CT molecular complexity index is 454. The van der Waals surface area contributed by atoms with Crippen molar-refractivity contribution >= 4 is 5.78 Å². The predicted octanol–water partition coefficient (Wildman–Crippen LogP) is 4.23. The summed E-state index contributed by atoms with van der Waals surface area (Å²) in [6.45, 7) is 4.13. The van der Waals surface area contributed by atoms with Gasteiger partial charge in [0.25, 0.3) is 0 Å². The smallest absolute Gasteiger partial charge is 0.194 e. The molecular formula is C17H24O2. The van der Waals surface area contributed by atoms with Crippen molar-refractivity contribution in [1.82, 2.24) is 0 Å². The lowest BCUT2D eigenvalue weighted by Gasteiger charge is -2.30. The van der Waals surface area contributed by atoms with Crippen molar-refractivity contribution in [3.05, 3.63) is 34.9 Å². The van der Waals surface area contributed by atoms with Gasteiger partial charge in [-0.3, -0.25) is 4.79 Å². The van der Waals surface area contributed by atoms with E-state index in [4.69, 9.17) is 4.74 Å². The van der Waals surface area contributed by atoms with Gasteiger partial charge >= 0.3 is 0 Å². The van der Waals surface area contributed by atoms with Crippen molar-refractivity contribution in [2.75, 3.05) is 7.11 Å². The molecule has 1 aliphatic rings. The first-order valence-electron chi connectivity index (χ1n) is 7.26. The summed E-state index contributed by atoms with van der Waals surface area (Å²) in [7, 11) is 1.68. The molecule has 0 unspecified atom stereocenters. The van der Waals surface area contributed by atoms with Gasteiger partial charge in [0, 0.05) is 12.7 Å². The quantitative estimate of drug-likeness (QED) is 0.600. The van der Waals surface area contributed by atoms with E-state index < -0.39 is 5.60 Å². The van der Waals surface area contributed by atoms with Crippen LogP contribution in [0.3, 0.4) is 0 Å². The second kappa shape index (κ2) is 5.87. The van der Waals surface area contributed by atoms with Gasteiger partial charge in [-0.15, -0.1) is 0 Å². The normalized spacial score (nSPS) is 18.9. The zero-order chi connectivity index (χ0) is 13.9. The molecule has 0 saturated heterocycles. The largest absolute Gasteiger partial charge is 0.370 e. The number of benzene rings is 1. The third kappa shape index (κ3) is 2.89. The standard InChI is InChI=1S/C17H24O2/c1-13-8-9-15(12-14(13)2)16(18)17(19-3)10-6-4-5-7-11-17/h8-9,12H,4-7,10-11H2,1-3H3. The van der Waals surface area contributed by atoms with Crippen molar-refractivity contribution in [3.63, 3.8) is 0 Å². The summed E-state index contributed by atoms with van der Waals surface area (Å²) in [5.41, 5.74) is 2.61. The molecule has 0 atom stereocenters. The Labute approximate surface area is 116 Å². The average Bonchev–Trinajstić information content (AvgIpc) is 2.67. The second-order valence-electron chi connectivity index (χ2n) is 5.74. The highest BCUT2D eigenvalue weighted by molar-refractivity contribution is 6.02. The van der Waals surface area contributed by atoms with Gasteiger partial charge in [-0.25, -0.2) is 0 Å². The molecule has 0 radical (unpaired) electrons. The number of hydrogen-bond acceptors (Lipinski definition) is 2. The highest BCUT2D eigenvalue weighted by Crippen LogP contribution is 2.33. The number of ether oxygens (including phenoxy) is 1. The van der Waals surface area contributed by atoms with E-state index in [0.717, 1.165) is 31.2 Å². The summed E-state index contributed by atoms with van der Waals surface area (Å²) >= 11 is 0. The van der Waals surface area contributed by atoms with E-state index in [1.807, 2.05) is 18.2 Å². The number of ketones is 1. The van der Waals surface area contributed by atoms with Crippen molar-refractivity contribution in [2.24, 2.45) is 0 Å². The molecule has 1 aromatic carbocycles. The first kappa shape index (κ1) is 14.3. The van der Waals surface area contributed by atoms with Crippen LogP contribution in [0.1, 0.15) is 60.0 Å². The lowest BCUT2D eigenvalue weighted by molar-refractivity contribution is -0.00692. The summed E-state index contributed by atoms with van der Waals surface area (Å²) < 4.78 is 5.70. The molecule has 0 N–H and O–H groups in total. The van der Waals surface area contributed by atoms with Crippen LogP contribution in [0.25, 0.3) is 0 Å². The molecule has 2 nitrogen and oxygen atoms in total. The molecule has 1 saturated carbocycles. The van der Waals surface area contributed by atoms with Crippen LogP contribution in [-0.2, 0) is 4.74 Å². The second-order valence-corrected chi connectivity index (χ2v) is 5.74. The number of carbonyl (C=O) groups excluding carboxylic acids is 1. The van der Waals surface area contributed by atoms with Crippen LogP contribution in [0.4, 0.5) is 0 Å². The Kier molecular flexibility index (Phi) is 4.41. The SMILES string of the molecule is COC1(C(=O)c2ccc(C)c(C)c2)CCCCCC1. The number of carbonyl (C=O) groups is 1. The van der Waals surface area contributed by atoms with Crippen LogP contribution >= 0.6 is 0 Å². The lowest BCUT2D eigenvalue weighted by Crippen LogP contribution is -2.40. The molecule has 0 bridgehead atoms. The van der Waals surface area contributed by atoms with E-state index in [1.54, 1.807) is 7.11 Å². The third-order valence-corrected chi connectivity index (χ3v) is 4.48. The van der Waals surface area contributed by atoms with Crippen molar-refractivity contribution in [3.8, 4) is 0 Å². The van der Waals surface area contributed by atoms with Gasteiger partial charge in [-0.1, -0.05) is 37.8 Å². The highest BCUT2D eigenvalue weighted by Gasteiger charge is 2.39. The number of rotatable bonds is 3. The van der Waals surface area contributed by atoms with Crippen molar-refractivity contribution in [1.29, 1.82) is 0 Å². The first-order chi connectivity index (χ1) is 9.09. The molecule has 19 heavy (non-hydrogen) atoms. The maximum absolute atomic E-state index is 12.8. The average molecular weight is 260 g/mol. The fraction of sp³-hybridized carbons (Fsp3) is 0.588. The van der Waals surface area contributed by atoms with Crippen LogP contribution < -0.4 is 0 Å². The Morgan fingerprint density at radius 1 is 1.05 bits per heavy atom. The minimum atomic E-state index is -0.585. The van der Waals surface area contributed by atoms with E-state index in [9.17, 15) is 4.79 Å². The Morgan fingerprint density at radius 2 is 1.68 bits per heavy atom. The number of hydrogen-bond donors (Lipinski definition) is 0. The first-order valence-corrected chi connectivity index (χ1v) is 7.26. The minimum absolute atomic E-state index is 0.167. The zero-order valence-electron chi connectivity index (χ0n) is 12.3. The summed E-state index contributed by atoms with van der Waals surface area (Å²) in [5.74, 6) is 0.167. The van der Waals surface area contributed by atoms with Crippen molar-refractivity contribution in [2.45, 2.75) is 58.0 Å². The Morgan fingerprint density at radius 3 is 2.21 bits per heavy atom. The molecule has 1 aromatic rings. The zero-order valence-corrected chi connectivity index (χ0v) is 12.3. The van der Waals surface area contributed by atoms with Crippen LogP contribution in [0, 0.1) is 13.8 Å². The third-order valence-electron chi connectivity index (χ3n) is 4.48. The van der Waals surface area contributed by atoms with Crippen LogP contribution in [-0.4, -0.2) is 18.5 Å². The molecule has 1 fully saturated rings. The maximum Gasteiger partial charge on any atom is 0.194 e. The Hall–Kier alpha value is -1.15. The van der Waals surface area contributed by atoms with Gasteiger partial charge in [-0.05, 0) is 43.9 Å². The van der Waals surface area contributed by atoms with E-state index in [2.05, 4.69) is 13.8 Å². The minimum Gasteiger partial charge on any atom is -0.370 e. The molecule has 0 aromatic heterocycles. The van der Waals surface area contributed by atoms with Crippen LogP contribution in [0.5, 0.6) is 0 Å². The number of methoxy groups -OCH3 is 1. The molecule has 0 aliphatic heterocycles. The lowest BCUT2D eigenvalue weighted by atomic mass is 9.85. The Balaban J connectivity index is 2.31. The number of aryl methyl sites for hydroxylation is 2. The number of Topliss-reactive ketones (excluding diaryl/α,β-unsaturated/α-hetero) is 1. The van der Waals surface area contributed by atoms with Crippen LogP contribution in [0.2, 0.25) is 0 Å². The predicted molar refractivity (Wildman–Crippen MR) is 77.7 cm³/mol. The molecule has 0 amide bonds. The fourth-order valence-electron chi connectivity index (χ4n) is 2.97. The highest BCUT2D eigenvalue weighted by atomic mass is 16.5. The summed E-state index contributed by atoms with van der Waals surface area (Å²) in [6, 6.07) is 5.97. The van der Waals surface area contributed by atoms with Crippen molar-refractivity contribution < 1.29 is 9.53 Å². The monoisotopic (exact) mass is 260 g/mol. The van der Waals surface area contributed by atoms with Gasteiger partial charge in [0.15, 0.2) is 5.78 Å². The molecule has 0 heterocycles. The molecule has 1 aliphatic carbocycles. The molecular weight excluding hydrogens is 236 g/mol. The van der Waals surface area contributed by atoms with E-state index in [0.29, 0.717) is 0 Å². The van der Waals surface area contributed by atoms with E-state index >= 15 is 0 Å². The van der Waals surface area contributed by atoms with Gasteiger partial charge in [-0.2, -0.15) is 0 Å².